The van der Waals surface area contributed by atoms with Crippen LogP contribution < -0.4 is 0 Å². The highest BCUT2D eigenvalue weighted by molar-refractivity contribution is 5.33. The predicted molar refractivity (Wildman–Crippen MR) is 115 cm³/mol. The second kappa shape index (κ2) is 9.03. The highest BCUT2D eigenvalue weighted by Gasteiger charge is 2.31. The number of rotatable bonds is 7. The topological polar surface area (TPSA) is 28.9 Å². The lowest BCUT2D eigenvalue weighted by molar-refractivity contribution is 0.0517. The van der Waals surface area contributed by atoms with E-state index in [4.69, 9.17) is 9.15 Å². The SMILES string of the molecule is c1coc(CN(CC2CCN(C3Cc4ccccc4C3)CC2)C[C@H]2CCCO2)c1. The van der Waals surface area contributed by atoms with Crippen molar-refractivity contribution in [3.63, 3.8) is 0 Å². The van der Waals surface area contributed by atoms with Crippen molar-refractivity contribution >= 4 is 0 Å². The molecule has 4 heteroatoms. The Kier molecular flexibility index (Phi) is 6.03. The lowest BCUT2D eigenvalue weighted by atomic mass is 9.94. The molecule has 0 unspecified atom stereocenters. The van der Waals surface area contributed by atoms with Gasteiger partial charge in [0, 0.05) is 25.7 Å². The summed E-state index contributed by atoms with van der Waals surface area (Å²) in [5.74, 6) is 1.86. The first-order valence-corrected chi connectivity index (χ1v) is 11.5. The quantitative estimate of drug-likeness (QED) is 0.706. The summed E-state index contributed by atoms with van der Waals surface area (Å²) in [5.41, 5.74) is 3.14. The molecule has 2 fully saturated rings. The smallest absolute Gasteiger partial charge is 0.117 e. The molecule has 1 aliphatic carbocycles. The minimum Gasteiger partial charge on any atom is -0.468 e. The van der Waals surface area contributed by atoms with Gasteiger partial charge in [0.15, 0.2) is 0 Å². The van der Waals surface area contributed by atoms with Crippen molar-refractivity contribution in [3.8, 4) is 0 Å². The Morgan fingerprint density at radius 1 is 0.931 bits per heavy atom. The van der Waals surface area contributed by atoms with Crippen molar-refractivity contribution in [2.45, 2.75) is 57.2 Å². The summed E-state index contributed by atoms with van der Waals surface area (Å²) in [6.45, 7) is 6.54. The normalized spacial score (nSPS) is 23.8. The zero-order chi connectivity index (χ0) is 19.5. The first kappa shape index (κ1) is 19.3. The van der Waals surface area contributed by atoms with E-state index in [2.05, 4.69) is 40.1 Å². The molecule has 3 heterocycles. The van der Waals surface area contributed by atoms with Crippen LogP contribution in [0.25, 0.3) is 0 Å². The van der Waals surface area contributed by atoms with Gasteiger partial charge in [-0.15, -0.1) is 0 Å². The lowest BCUT2D eigenvalue weighted by Crippen LogP contribution is -2.44. The monoisotopic (exact) mass is 394 g/mol. The minimum atomic E-state index is 0.405. The third-order valence-corrected chi connectivity index (χ3v) is 7.16. The molecule has 0 radical (unpaired) electrons. The van der Waals surface area contributed by atoms with Crippen LogP contribution >= 0.6 is 0 Å². The highest BCUT2D eigenvalue weighted by atomic mass is 16.5. The number of ether oxygens (including phenoxy) is 1. The van der Waals surface area contributed by atoms with Gasteiger partial charge < -0.3 is 9.15 Å². The van der Waals surface area contributed by atoms with Crippen LogP contribution in [0.1, 0.15) is 42.6 Å². The minimum absolute atomic E-state index is 0.405. The fraction of sp³-hybridized carbons (Fsp3) is 0.600. The Morgan fingerprint density at radius 2 is 1.72 bits per heavy atom. The number of fused-ring (bicyclic) bond motifs is 1. The van der Waals surface area contributed by atoms with E-state index in [0.717, 1.165) is 37.4 Å². The molecule has 0 spiro atoms. The molecule has 2 aromatic rings. The average Bonchev–Trinajstić information content (AvgIpc) is 3.50. The zero-order valence-corrected chi connectivity index (χ0v) is 17.5. The molecule has 5 rings (SSSR count). The third kappa shape index (κ3) is 4.76. The van der Waals surface area contributed by atoms with Crippen LogP contribution in [0, 0.1) is 5.92 Å². The Bertz CT molecular complexity index is 736. The maximum Gasteiger partial charge on any atom is 0.117 e. The Labute approximate surface area is 174 Å². The van der Waals surface area contributed by atoms with Crippen molar-refractivity contribution in [3.05, 3.63) is 59.5 Å². The van der Waals surface area contributed by atoms with Gasteiger partial charge >= 0.3 is 0 Å². The summed E-state index contributed by atoms with van der Waals surface area (Å²) in [6.07, 6.45) is 9.71. The fourth-order valence-corrected chi connectivity index (χ4v) is 5.56. The van der Waals surface area contributed by atoms with Crippen molar-refractivity contribution in [1.82, 2.24) is 9.80 Å². The van der Waals surface area contributed by atoms with Gasteiger partial charge in [-0.25, -0.2) is 0 Å². The molecule has 0 saturated carbocycles. The van der Waals surface area contributed by atoms with Gasteiger partial charge in [0.25, 0.3) is 0 Å². The third-order valence-electron chi connectivity index (χ3n) is 7.16. The van der Waals surface area contributed by atoms with E-state index >= 15 is 0 Å². The molecule has 4 nitrogen and oxygen atoms in total. The maximum atomic E-state index is 5.93. The van der Waals surface area contributed by atoms with E-state index in [1.807, 2.05) is 6.07 Å². The van der Waals surface area contributed by atoms with Gasteiger partial charge in [0.1, 0.15) is 5.76 Å². The Balaban J connectivity index is 1.14. The van der Waals surface area contributed by atoms with Crippen LogP contribution in [0.3, 0.4) is 0 Å². The average molecular weight is 395 g/mol. The summed E-state index contributed by atoms with van der Waals surface area (Å²) in [7, 11) is 0. The van der Waals surface area contributed by atoms with Crippen LogP contribution in [-0.2, 0) is 24.1 Å². The van der Waals surface area contributed by atoms with Crippen molar-refractivity contribution in [2.75, 3.05) is 32.8 Å². The van der Waals surface area contributed by atoms with E-state index < -0.39 is 0 Å². The molecule has 2 saturated heterocycles. The van der Waals surface area contributed by atoms with Crippen LogP contribution in [-0.4, -0.2) is 54.7 Å². The largest absolute Gasteiger partial charge is 0.468 e. The molecule has 156 valence electrons. The van der Waals surface area contributed by atoms with Crippen molar-refractivity contribution in [2.24, 2.45) is 5.92 Å². The molecule has 3 aliphatic rings. The van der Waals surface area contributed by atoms with E-state index in [9.17, 15) is 0 Å². The standard InChI is InChI=1S/C25H34N2O2/c1-2-6-22-16-23(15-21(22)5-1)27-11-9-20(10-12-27)17-26(18-24-7-3-13-28-24)19-25-8-4-14-29-25/h1-3,5-7,13,20,23,25H,4,8-12,14-19H2/t25-/m1/s1. The van der Waals surface area contributed by atoms with E-state index in [1.54, 1.807) is 17.4 Å². The van der Waals surface area contributed by atoms with E-state index in [-0.39, 0.29) is 0 Å². The van der Waals surface area contributed by atoms with Crippen molar-refractivity contribution in [1.29, 1.82) is 0 Å². The molecule has 1 atom stereocenters. The molecule has 2 aliphatic heterocycles. The molecule has 0 amide bonds. The number of hydrogen-bond acceptors (Lipinski definition) is 4. The molecular formula is C25H34N2O2. The van der Waals surface area contributed by atoms with Crippen LogP contribution in [0.4, 0.5) is 0 Å². The highest BCUT2D eigenvalue weighted by Crippen LogP contribution is 2.29. The summed E-state index contributed by atoms with van der Waals surface area (Å²) in [5, 5.41) is 0. The molecule has 0 bridgehead atoms. The first-order chi connectivity index (χ1) is 14.3. The second-order valence-corrected chi connectivity index (χ2v) is 9.22. The number of benzene rings is 1. The van der Waals surface area contributed by atoms with Crippen LogP contribution in [0.15, 0.2) is 47.1 Å². The first-order valence-electron chi connectivity index (χ1n) is 11.5. The lowest BCUT2D eigenvalue weighted by Gasteiger charge is -2.38. The number of hydrogen-bond donors (Lipinski definition) is 0. The van der Waals surface area contributed by atoms with Crippen molar-refractivity contribution < 1.29 is 9.15 Å². The molecule has 1 aromatic heterocycles. The summed E-state index contributed by atoms with van der Waals surface area (Å²) >= 11 is 0. The number of piperidine rings is 1. The van der Waals surface area contributed by atoms with Crippen LogP contribution in [0.2, 0.25) is 0 Å². The summed E-state index contributed by atoms with van der Waals surface area (Å²) < 4.78 is 11.6. The molecule has 0 N–H and O–H groups in total. The second-order valence-electron chi connectivity index (χ2n) is 9.22. The van der Waals surface area contributed by atoms with E-state index in [1.165, 1.54) is 58.2 Å². The Morgan fingerprint density at radius 3 is 2.38 bits per heavy atom. The van der Waals surface area contributed by atoms with Gasteiger partial charge in [0.05, 0.1) is 18.9 Å². The molecule has 1 aromatic carbocycles. The van der Waals surface area contributed by atoms with Gasteiger partial charge in [0.2, 0.25) is 0 Å². The molecule has 29 heavy (non-hydrogen) atoms. The van der Waals surface area contributed by atoms with Gasteiger partial charge in [-0.2, -0.15) is 0 Å². The Hall–Kier alpha value is -1.62. The predicted octanol–water partition coefficient (Wildman–Crippen LogP) is 4.14. The fourth-order valence-electron chi connectivity index (χ4n) is 5.56. The van der Waals surface area contributed by atoms with Crippen LogP contribution in [0.5, 0.6) is 0 Å². The zero-order valence-electron chi connectivity index (χ0n) is 17.5. The molecular weight excluding hydrogens is 360 g/mol. The maximum absolute atomic E-state index is 5.93. The number of likely N-dealkylation sites (tertiary alicyclic amines) is 1. The van der Waals surface area contributed by atoms with Gasteiger partial charge in [-0.05, 0) is 80.8 Å². The number of furan rings is 1. The summed E-state index contributed by atoms with van der Waals surface area (Å²) in [6, 6.07) is 13.8. The summed E-state index contributed by atoms with van der Waals surface area (Å²) in [4.78, 5) is 5.34. The number of nitrogens with zero attached hydrogens (tertiary/aromatic N) is 2. The van der Waals surface area contributed by atoms with E-state index in [0.29, 0.717) is 6.10 Å². The van der Waals surface area contributed by atoms with Gasteiger partial charge in [-0.1, -0.05) is 24.3 Å². The van der Waals surface area contributed by atoms with Gasteiger partial charge in [-0.3, -0.25) is 9.80 Å².